The van der Waals surface area contributed by atoms with E-state index < -0.39 is 21.5 Å². The summed E-state index contributed by atoms with van der Waals surface area (Å²) in [4.78, 5) is 15.2. The van der Waals surface area contributed by atoms with Crippen molar-refractivity contribution in [2.45, 2.75) is 5.16 Å². The van der Waals surface area contributed by atoms with Crippen LogP contribution in [-0.4, -0.2) is 35.3 Å². The number of rotatable bonds is 4. The van der Waals surface area contributed by atoms with Crippen LogP contribution in [0.3, 0.4) is 0 Å². The maximum atomic E-state index is 11.8. The number of aromatic amines is 1. The highest BCUT2D eigenvalue weighted by molar-refractivity contribution is 7.91. The number of anilines is 1. The number of nitrogens with zero attached hydrogens (tertiary/aromatic N) is 2. The molecule has 0 aliphatic rings. The number of carbonyl (C=O) groups is 1. The maximum Gasteiger partial charge on any atom is 0.243 e. The molecule has 0 radical (unpaired) electrons. The number of amides is 1. The van der Waals surface area contributed by atoms with Gasteiger partial charge in [0.1, 0.15) is 12.1 Å². The minimum Gasteiger partial charge on any atom is -0.324 e. The van der Waals surface area contributed by atoms with Crippen molar-refractivity contribution in [3.05, 3.63) is 34.6 Å². The van der Waals surface area contributed by atoms with E-state index in [1.807, 2.05) is 0 Å². The summed E-state index contributed by atoms with van der Waals surface area (Å²) in [5, 5.41) is 8.00. The average Bonchev–Trinajstić information content (AvgIpc) is 2.89. The Labute approximate surface area is 124 Å². The van der Waals surface area contributed by atoms with Crippen molar-refractivity contribution in [1.82, 2.24) is 15.2 Å². The van der Waals surface area contributed by atoms with Crippen LogP contribution in [-0.2, 0) is 14.6 Å². The van der Waals surface area contributed by atoms with Gasteiger partial charge in [0.2, 0.25) is 20.9 Å². The molecule has 1 aromatic heterocycles. The smallest absolute Gasteiger partial charge is 0.243 e. The van der Waals surface area contributed by atoms with Crippen LogP contribution in [0.5, 0.6) is 0 Å². The number of benzene rings is 1. The van der Waals surface area contributed by atoms with Crippen molar-refractivity contribution in [1.29, 1.82) is 0 Å². The van der Waals surface area contributed by atoms with Crippen LogP contribution >= 0.6 is 23.2 Å². The molecule has 1 amide bonds. The van der Waals surface area contributed by atoms with Crippen LogP contribution in [0.4, 0.5) is 5.69 Å². The number of nitrogens with one attached hydrogen (secondary N) is 2. The third-order valence-electron chi connectivity index (χ3n) is 2.23. The van der Waals surface area contributed by atoms with Gasteiger partial charge in [-0.05, 0) is 12.1 Å². The number of carbonyl (C=O) groups excluding carboxylic acids is 1. The van der Waals surface area contributed by atoms with Gasteiger partial charge in [-0.1, -0.05) is 29.3 Å². The Balaban J connectivity index is 2.12. The molecule has 0 aliphatic heterocycles. The Morgan fingerprint density at radius 3 is 2.75 bits per heavy atom. The number of hydrogen-bond donors (Lipinski definition) is 2. The van der Waals surface area contributed by atoms with Gasteiger partial charge in [0.15, 0.2) is 0 Å². The Bertz CT molecular complexity index is 731. The first-order valence-corrected chi connectivity index (χ1v) is 7.63. The highest BCUT2D eigenvalue weighted by atomic mass is 35.5. The third-order valence-corrected chi connectivity index (χ3v) is 4.48. The van der Waals surface area contributed by atoms with Crippen LogP contribution in [0.15, 0.2) is 29.7 Å². The standard InChI is InChI=1S/C10H8Cl2N4O3S/c11-6-2-1-3-7(9(6)12)15-8(17)4-20(18,19)10-13-5-14-16-10/h1-3,5H,4H2,(H,15,17)(H,13,14,16). The fourth-order valence-corrected chi connectivity index (χ4v) is 2.67. The number of hydrogen-bond acceptors (Lipinski definition) is 5. The van der Waals surface area contributed by atoms with Gasteiger partial charge in [-0.25, -0.2) is 13.4 Å². The highest BCUT2D eigenvalue weighted by Gasteiger charge is 2.22. The van der Waals surface area contributed by atoms with E-state index in [1.54, 1.807) is 12.1 Å². The molecule has 20 heavy (non-hydrogen) atoms. The summed E-state index contributed by atoms with van der Waals surface area (Å²) in [6.45, 7) is 0. The second kappa shape index (κ2) is 5.78. The van der Waals surface area contributed by atoms with Gasteiger partial charge in [-0.2, -0.15) is 5.10 Å². The molecule has 2 rings (SSSR count). The van der Waals surface area contributed by atoms with Gasteiger partial charge in [-0.15, -0.1) is 0 Å². The summed E-state index contributed by atoms with van der Waals surface area (Å²) in [7, 11) is -3.88. The molecule has 10 heteroatoms. The second-order valence-electron chi connectivity index (χ2n) is 3.70. The molecule has 0 fully saturated rings. The summed E-state index contributed by atoms with van der Waals surface area (Å²) < 4.78 is 23.6. The van der Waals surface area contributed by atoms with Crippen molar-refractivity contribution in [2.75, 3.05) is 11.1 Å². The van der Waals surface area contributed by atoms with Crippen molar-refractivity contribution in [3.8, 4) is 0 Å². The van der Waals surface area contributed by atoms with Gasteiger partial charge in [-0.3, -0.25) is 9.89 Å². The fraction of sp³-hybridized carbons (Fsp3) is 0.100. The molecule has 7 nitrogen and oxygen atoms in total. The monoisotopic (exact) mass is 334 g/mol. The lowest BCUT2D eigenvalue weighted by atomic mass is 10.3. The third kappa shape index (κ3) is 3.27. The van der Waals surface area contributed by atoms with E-state index >= 15 is 0 Å². The molecular weight excluding hydrogens is 327 g/mol. The zero-order valence-corrected chi connectivity index (χ0v) is 12.1. The Morgan fingerprint density at radius 1 is 1.35 bits per heavy atom. The maximum absolute atomic E-state index is 11.8. The predicted molar refractivity (Wildman–Crippen MR) is 73.5 cm³/mol. The zero-order valence-electron chi connectivity index (χ0n) is 9.80. The van der Waals surface area contributed by atoms with Crippen LogP contribution in [0.1, 0.15) is 0 Å². The first-order valence-electron chi connectivity index (χ1n) is 5.22. The fourth-order valence-electron chi connectivity index (χ4n) is 1.37. The molecule has 0 unspecified atom stereocenters. The lowest BCUT2D eigenvalue weighted by Gasteiger charge is -2.07. The number of sulfone groups is 1. The lowest BCUT2D eigenvalue weighted by Crippen LogP contribution is -2.23. The molecule has 0 bridgehead atoms. The summed E-state index contributed by atoms with van der Waals surface area (Å²) in [6, 6.07) is 4.63. The first-order chi connectivity index (χ1) is 9.40. The van der Waals surface area contributed by atoms with Crippen molar-refractivity contribution in [3.63, 3.8) is 0 Å². The van der Waals surface area contributed by atoms with E-state index in [2.05, 4.69) is 20.5 Å². The number of aromatic nitrogens is 3. The Morgan fingerprint density at radius 2 is 2.10 bits per heavy atom. The summed E-state index contributed by atoms with van der Waals surface area (Å²) in [6.07, 6.45) is 1.04. The lowest BCUT2D eigenvalue weighted by molar-refractivity contribution is -0.113. The molecule has 1 heterocycles. The summed E-state index contributed by atoms with van der Waals surface area (Å²) in [5.74, 6) is -1.55. The van der Waals surface area contributed by atoms with Gasteiger partial charge < -0.3 is 5.32 Å². The number of H-pyrrole nitrogens is 1. The van der Waals surface area contributed by atoms with Gasteiger partial charge in [0.25, 0.3) is 0 Å². The van der Waals surface area contributed by atoms with Gasteiger partial charge in [0, 0.05) is 0 Å². The molecular formula is C10H8Cl2N4O3S. The van der Waals surface area contributed by atoms with E-state index in [-0.39, 0.29) is 20.9 Å². The first kappa shape index (κ1) is 14.8. The number of halogens is 2. The van der Waals surface area contributed by atoms with E-state index in [0.29, 0.717) is 0 Å². The van der Waals surface area contributed by atoms with Crippen LogP contribution in [0, 0.1) is 0 Å². The molecule has 0 spiro atoms. The van der Waals surface area contributed by atoms with E-state index in [0.717, 1.165) is 6.33 Å². The Hall–Kier alpha value is -1.64. The minimum absolute atomic E-state index is 0.138. The van der Waals surface area contributed by atoms with E-state index in [1.165, 1.54) is 6.07 Å². The molecule has 0 aliphatic carbocycles. The van der Waals surface area contributed by atoms with Crippen LogP contribution in [0.25, 0.3) is 0 Å². The van der Waals surface area contributed by atoms with Gasteiger partial charge in [0.05, 0.1) is 15.7 Å². The van der Waals surface area contributed by atoms with E-state index in [9.17, 15) is 13.2 Å². The Kier molecular flexibility index (Phi) is 4.26. The molecule has 0 atom stereocenters. The minimum atomic E-state index is -3.88. The quantitative estimate of drug-likeness (QED) is 0.881. The molecule has 0 saturated carbocycles. The predicted octanol–water partition coefficient (Wildman–Crippen LogP) is 1.52. The molecule has 106 valence electrons. The topological polar surface area (TPSA) is 105 Å². The SMILES string of the molecule is O=C(CS(=O)(=O)c1ncn[nH]1)Nc1cccc(Cl)c1Cl. The second-order valence-corrected chi connectivity index (χ2v) is 6.39. The normalized spacial score (nSPS) is 11.3. The van der Waals surface area contributed by atoms with Gasteiger partial charge >= 0.3 is 0 Å². The average molecular weight is 335 g/mol. The van der Waals surface area contributed by atoms with Crippen LogP contribution in [0.2, 0.25) is 10.0 Å². The molecule has 0 saturated heterocycles. The van der Waals surface area contributed by atoms with Crippen molar-refractivity contribution in [2.24, 2.45) is 0 Å². The van der Waals surface area contributed by atoms with Crippen molar-refractivity contribution < 1.29 is 13.2 Å². The molecule has 1 aromatic carbocycles. The van der Waals surface area contributed by atoms with E-state index in [4.69, 9.17) is 23.2 Å². The summed E-state index contributed by atoms with van der Waals surface area (Å²) in [5.41, 5.74) is 0.233. The molecule has 2 N–H and O–H groups in total. The summed E-state index contributed by atoms with van der Waals surface area (Å²) >= 11 is 11.7. The zero-order chi connectivity index (χ0) is 14.8. The molecule has 2 aromatic rings. The van der Waals surface area contributed by atoms with Crippen molar-refractivity contribution >= 4 is 44.6 Å². The van der Waals surface area contributed by atoms with Crippen LogP contribution < -0.4 is 5.32 Å². The highest BCUT2D eigenvalue weighted by Crippen LogP contribution is 2.29. The largest absolute Gasteiger partial charge is 0.324 e.